The second kappa shape index (κ2) is 6.50. The number of hydrogen-bond donors (Lipinski definition) is 0. The smallest absolute Gasteiger partial charge is 0.305 e. The number of methoxy groups -OCH3 is 1. The summed E-state index contributed by atoms with van der Waals surface area (Å²) in [6.07, 6.45) is 7.85. The zero-order chi connectivity index (χ0) is 14.7. The normalized spacial score (nSPS) is 21.2. The van der Waals surface area contributed by atoms with Gasteiger partial charge in [0.1, 0.15) is 0 Å². The maximum absolute atomic E-state index is 11.2. The monoisotopic (exact) mass is 287 g/mol. The molecule has 2 aliphatic rings. The van der Waals surface area contributed by atoms with E-state index < -0.39 is 0 Å². The van der Waals surface area contributed by atoms with Gasteiger partial charge < -0.3 is 9.64 Å². The molecule has 3 nitrogen and oxygen atoms in total. The van der Waals surface area contributed by atoms with Crippen LogP contribution >= 0.6 is 0 Å². The first-order chi connectivity index (χ1) is 10.3. The van der Waals surface area contributed by atoms with E-state index in [9.17, 15) is 4.79 Å². The van der Waals surface area contributed by atoms with E-state index in [-0.39, 0.29) is 5.97 Å². The first-order valence-electron chi connectivity index (χ1n) is 8.20. The number of rotatable bonds is 4. The number of ether oxygens (including phenoxy) is 1. The Balaban J connectivity index is 1.59. The molecule has 1 atom stereocenters. The molecular formula is C18H25NO2. The molecule has 0 bridgehead atoms. The van der Waals surface area contributed by atoms with E-state index in [0.717, 1.165) is 19.5 Å². The largest absolute Gasteiger partial charge is 0.469 e. The van der Waals surface area contributed by atoms with Crippen LogP contribution < -0.4 is 4.90 Å². The van der Waals surface area contributed by atoms with Gasteiger partial charge >= 0.3 is 5.97 Å². The van der Waals surface area contributed by atoms with Crippen LogP contribution in [0.4, 0.5) is 5.69 Å². The molecule has 0 aromatic heterocycles. The third-order valence-corrected chi connectivity index (χ3v) is 4.97. The molecule has 1 aromatic rings. The van der Waals surface area contributed by atoms with Crippen molar-refractivity contribution in [3.63, 3.8) is 0 Å². The highest BCUT2D eigenvalue weighted by Gasteiger charge is 2.24. The molecule has 0 saturated carbocycles. The standard InChI is InChI=1S/C18H25NO2/c1-21-18(20)9-6-14-10-11-19(13-14)17-8-7-15-4-2-3-5-16(15)12-17/h7-8,12,14H,2-6,9-11,13H2,1H3. The van der Waals surface area contributed by atoms with Gasteiger partial charge in [-0.1, -0.05) is 6.07 Å². The predicted molar refractivity (Wildman–Crippen MR) is 84.7 cm³/mol. The lowest BCUT2D eigenvalue weighted by molar-refractivity contribution is -0.140. The van der Waals surface area contributed by atoms with Gasteiger partial charge in [0.2, 0.25) is 0 Å². The highest BCUT2D eigenvalue weighted by Crippen LogP contribution is 2.30. The quantitative estimate of drug-likeness (QED) is 0.795. The second-order valence-corrected chi connectivity index (χ2v) is 6.38. The average Bonchev–Trinajstić information content (AvgIpc) is 3.01. The van der Waals surface area contributed by atoms with Gasteiger partial charge in [-0.15, -0.1) is 0 Å². The number of nitrogens with zero attached hydrogens (tertiary/aromatic N) is 1. The van der Waals surface area contributed by atoms with Crippen LogP contribution in [-0.4, -0.2) is 26.2 Å². The third kappa shape index (κ3) is 3.39. The number of carbonyl (C=O) groups is 1. The Morgan fingerprint density at radius 1 is 1.29 bits per heavy atom. The molecule has 0 spiro atoms. The molecule has 1 aliphatic heterocycles. The Morgan fingerprint density at radius 3 is 2.90 bits per heavy atom. The van der Waals surface area contributed by atoms with E-state index in [1.807, 2.05) is 0 Å². The molecule has 1 heterocycles. The Hall–Kier alpha value is -1.51. The van der Waals surface area contributed by atoms with Crippen LogP contribution in [0.3, 0.4) is 0 Å². The zero-order valence-corrected chi connectivity index (χ0v) is 12.9. The molecule has 21 heavy (non-hydrogen) atoms. The predicted octanol–water partition coefficient (Wildman–Crippen LogP) is 3.34. The fourth-order valence-corrected chi connectivity index (χ4v) is 3.64. The van der Waals surface area contributed by atoms with E-state index in [0.29, 0.717) is 12.3 Å². The van der Waals surface area contributed by atoms with Gasteiger partial charge in [-0.3, -0.25) is 4.79 Å². The molecule has 1 aliphatic carbocycles. The van der Waals surface area contributed by atoms with Crippen LogP contribution in [0.15, 0.2) is 18.2 Å². The van der Waals surface area contributed by atoms with Crippen molar-refractivity contribution in [2.24, 2.45) is 5.92 Å². The van der Waals surface area contributed by atoms with E-state index in [1.54, 1.807) is 11.1 Å². The maximum Gasteiger partial charge on any atom is 0.305 e. The summed E-state index contributed by atoms with van der Waals surface area (Å²) in [5.41, 5.74) is 4.47. The van der Waals surface area contributed by atoms with E-state index in [2.05, 4.69) is 23.1 Å². The zero-order valence-electron chi connectivity index (χ0n) is 12.9. The van der Waals surface area contributed by atoms with Gasteiger partial charge in [-0.2, -0.15) is 0 Å². The van der Waals surface area contributed by atoms with Crippen molar-refractivity contribution in [3.05, 3.63) is 29.3 Å². The lowest BCUT2D eigenvalue weighted by atomic mass is 9.91. The number of aryl methyl sites for hydroxylation is 2. The van der Waals surface area contributed by atoms with Crippen molar-refractivity contribution in [2.75, 3.05) is 25.1 Å². The molecular weight excluding hydrogens is 262 g/mol. The fraction of sp³-hybridized carbons (Fsp3) is 0.611. The highest BCUT2D eigenvalue weighted by molar-refractivity contribution is 5.69. The van der Waals surface area contributed by atoms with Gasteiger partial charge in [0.25, 0.3) is 0 Å². The van der Waals surface area contributed by atoms with Crippen LogP contribution in [0.1, 0.15) is 43.2 Å². The Kier molecular flexibility index (Phi) is 4.47. The average molecular weight is 287 g/mol. The maximum atomic E-state index is 11.2. The van der Waals surface area contributed by atoms with Crippen molar-refractivity contribution in [1.29, 1.82) is 0 Å². The highest BCUT2D eigenvalue weighted by atomic mass is 16.5. The van der Waals surface area contributed by atoms with E-state index in [4.69, 9.17) is 4.74 Å². The summed E-state index contributed by atoms with van der Waals surface area (Å²) in [7, 11) is 1.47. The van der Waals surface area contributed by atoms with Crippen LogP contribution in [0.25, 0.3) is 0 Å². The molecule has 114 valence electrons. The van der Waals surface area contributed by atoms with Gasteiger partial charge in [0, 0.05) is 25.2 Å². The summed E-state index contributed by atoms with van der Waals surface area (Å²) in [6, 6.07) is 7.01. The minimum atomic E-state index is -0.0813. The summed E-state index contributed by atoms with van der Waals surface area (Å²) in [5, 5.41) is 0. The topological polar surface area (TPSA) is 29.5 Å². The summed E-state index contributed by atoms with van der Waals surface area (Å²) in [6.45, 7) is 2.19. The Labute approximate surface area is 127 Å². The molecule has 0 amide bonds. The first kappa shape index (κ1) is 14.4. The Morgan fingerprint density at radius 2 is 2.10 bits per heavy atom. The molecule has 3 heteroatoms. The molecule has 1 fully saturated rings. The Bertz CT molecular complexity index is 512. The second-order valence-electron chi connectivity index (χ2n) is 6.38. The van der Waals surface area contributed by atoms with E-state index in [1.165, 1.54) is 44.9 Å². The molecule has 3 rings (SSSR count). The first-order valence-corrected chi connectivity index (χ1v) is 8.20. The van der Waals surface area contributed by atoms with Crippen LogP contribution in [0.5, 0.6) is 0 Å². The van der Waals surface area contributed by atoms with Gasteiger partial charge in [-0.05, 0) is 67.7 Å². The fourth-order valence-electron chi connectivity index (χ4n) is 3.64. The summed E-state index contributed by atoms with van der Waals surface area (Å²) in [5.74, 6) is 0.544. The van der Waals surface area contributed by atoms with Crippen molar-refractivity contribution in [2.45, 2.75) is 44.9 Å². The van der Waals surface area contributed by atoms with Crippen molar-refractivity contribution >= 4 is 11.7 Å². The molecule has 0 radical (unpaired) electrons. The number of fused-ring (bicyclic) bond motifs is 1. The molecule has 1 saturated heterocycles. The van der Waals surface area contributed by atoms with Crippen molar-refractivity contribution in [1.82, 2.24) is 0 Å². The van der Waals surface area contributed by atoms with Crippen molar-refractivity contribution < 1.29 is 9.53 Å². The molecule has 1 aromatic carbocycles. The van der Waals surface area contributed by atoms with Crippen molar-refractivity contribution in [3.8, 4) is 0 Å². The molecule has 1 unspecified atom stereocenters. The minimum Gasteiger partial charge on any atom is -0.469 e. The van der Waals surface area contributed by atoms with Gasteiger partial charge in [-0.25, -0.2) is 0 Å². The summed E-state index contributed by atoms with van der Waals surface area (Å²) < 4.78 is 4.73. The number of anilines is 1. The third-order valence-electron chi connectivity index (χ3n) is 4.97. The van der Waals surface area contributed by atoms with E-state index >= 15 is 0 Å². The van der Waals surface area contributed by atoms with Crippen LogP contribution in [0.2, 0.25) is 0 Å². The SMILES string of the molecule is COC(=O)CCC1CCN(c2ccc3c(c2)CCCC3)C1. The number of hydrogen-bond acceptors (Lipinski definition) is 3. The summed E-state index contributed by atoms with van der Waals surface area (Å²) in [4.78, 5) is 13.7. The summed E-state index contributed by atoms with van der Waals surface area (Å²) >= 11 is 0. The van der Waals surface area contributed by atoms with Gasteiger partial charge in [0.05, 0.1) is 7.11 Å². The lowest BCUT2D eigenvalue weighted by Gasteiger charge is -2.22. The van der Waals surface area contributed by atoms with Gasteiger partial charge in [0.15, 0.2) is 0 Å². The minimum absolute atomic E-state index is 0.0813. The van der Waals surface area contributed by atoms with Crippen LogP contribution in [-0.2, 0) is 22.4 Å². The number of carbonyl (C=O) groups excluding carboxylic acids is 1. The molecule has 0 N–H and O–H groups in total. The lowest BCUT2D eigenvalue weighted by Crippen LogP contribution is -2.20. The van der Waals surface area contributed by atoms with Crippen LogP contribution in [0, 0.1) is 5.92 Å². The number of esters is 1. The number of benzene rings is 1.